The molecule has 0 N–H and O–H groups in total. The van der Waals surface area contributed by atoms with Crippen molar-refractivity contribution in [2.45, 2.75) is 20.3 Å². The van der Waals surface area contributed by atoms with Crippen LogP contribution in [0.1, 0.15) is 35.3 Å². The highest BCUT2D eigenvalue weighted by atomic mass is 16.1. The first-order valence-corrected chi connectivity index (χ1v) is 7.15. The fourth-order valence-electron chi connectivity index (χ4n) is 2.02. The molecule has 21 heavy (non-hydrogen) atoms. The summed E-state index contributed by atoms with van der Waals surface area (Å²) in [5.41, 5.74) is 4.34. The van der Waals surface area contributed by atoms with Crippen LogP contribution in [0.3, 0.4) is 0 Å². The Morgan fingerprint density at radius 2 is 1.76 bits per heavy atom. The number of carbonyl (C=O) groups is 1. The Kier molecular flexibility index (Phi) is 5.28. The molecule has 0 saturated carbocycles. The van der Waals surface area contributed by atoms with Gasteiger partial charge in [-0.1, -0.05) is 72.3 Å². The minimum atomic E-state index is 0.0327. The maximum absolute atomic E-state index is 12.0. The largest absolute Gasteiger partial charge is 0.289 e. The zero-order valence-corrected chi connectivity index (χ0v) is 12.5. The van der Waals surface area contributed by atoms with Gasteiger partial charge in [-0.15, -0.1) is 0 Å². The molecule has 0 unspecified atom stereocenters. The van der Waals surface area contributed by atoms with E-state index in [0.717, 1.165) is 17.5 Å². The van der Waals surface area contributed by atoms with E-state index in [1.54, 1.807) is 6.08 Å². The van der Waals surface area contributed by atoms with Crippen LogP contribution in [0.15, 0.2) is 72.3 Å². The van der Waals surface area contributed by atoms with E-state index in [4.69, 9.17) is 0 Å². The van der Waals surface area contributed by atoms with E-state index in [-0.39, 0.29) is 5.78 Å². The van der Waals surface area contributed by atoms with Gasteiger partial charge in [-0.05, 0) is 37.5 Å². The highest BCUT2D eigenvalue weighted by Gasteiger charge is 1.99. The Morgan fingerprint density at radius 3 is 2.48 bits per heavy atom. The van der Waals surface area contributed by atoms with Crippen LogP contribution in [0.5, 0.6) is 0 Å². The monoisotopic (exact) mass is 276 g/mol. The van der Waals surface area contributed by atoms with Crippen molar-refractivity contribution in [1.29, 1.82) is 0 Å². The highest BCUT2D eigenvalue weighted by molar-refractivity contribution is 6.06. The average molecular weight is 276 g/mol. The molecule has 0 radical (unpaired) electrons. The number of allylic oxidation sites excluding steroid dienone is 3. The van der Waals surface area contributed by atoms with Crippen molar-refractivity contribution in [2.75, 3.05) is 0 Å². The molecule has 0 aromatic heterocycles. The van der Waals surface area contributed by atoms with Crippen LogP contribution in [0.2, 0.25) is 0 Å². The second kappa shape index (κ2) is 7.39. The van der Waals surface area contributed by atoms with Crippen LogP contribution < -0.4 is 0 Å². The fraction of sp³-hybridized carbons (Fsp3) is 0.150. The van der Waals surface area contributed by atoms with Gasteiger partial charge in [0.15, 0.2) is 5.78 Å². The summed E-state index contributed by atoms with van der Waals surface area (Å²) < 4.78 is 0. The minimum Gasteiger partial charge on any atom is -0.289 e. The van der Waals surface area contributed by atoms with Gasteiger partial charge in [-0.25, -0.2) is 0 Å². The lowest BCUT2D eigenvalue weighted by Gasteiger charge is -2.00. The van der Waals surface area contributed by atoms with E-state index in [1.165, 1.54) is 11.1 Å². The van der Waals surface area contributed by atoms with Gasteiger partial charge in [0.2, 0.25) is 0 Å². The summed E-state index contributed by atoms with van der Waals surface area (Å²) in [7, 11) is 0. The molecule has 0 aliphatic carbocycles. The lowest BCUT2D eigenvalue weighted by molar-refractivity contribution is 0.104. The molecule has 2 aromatic rings. The number of benzene rings is 2. The fourth-order valence-corrected chi connectivity index (χ4v) is 2.02. The lowest BCUT2D eigenvalue weighted by atomic mass is 10.1. The number of hydrogen-bond donors (Lipinski definition) is 0. The summed E-state index contributed by atoms with van der Waals surface area (Å²) in [5, 5.41) is 0. The van der Waals surface area contributed by atoms with Gasteiger partial charge < -0.3 is 0 Å². The third-order valence-corrected chi connectivity index (χ3v) is 3.18. The van der Waals surface area contributed by atoms with Crippen LogP contribution in [0, 0.1) is 0 Å². The molecule has 0 heterocycles. The van der Waals surface area contributed by atoms with Gasteiger partial charge >= 0.3 is 0 Å². The molecule has 0 atom stereocenters. The molecule has 0 fully saturated rings. The van der Waals surface area contributed by atoms with Gasteiger partial charge in [0, 0.05) is 5.56 Å². The zero-order chi connectivity index (χ0) is 15.1. The Morgan fingerprint density at radius 1 is 1.00 bits per heavy atom. The van der Waals surface area contributed by atoms with Gasteiger partial charge in [0.05, 0.1) is 0 Å². The van der Waals surface area contributed by atoms with Gasteiger partial charge in [-0.2, -0.15) is 0 Å². The lowest BCUT2D eigenvalue weighted by Crippen LogP contribution is -1.92. The summed E-state index contributed by atoms with van der Waals surface area (Å²) in [4.78, 5) is 12.0. The Balaban J connectivity index is 2.09. The van der Waals surface area contributed by atoms with Crippen LogP contribution >= 0.6 is 0 Å². The molecule has 0 aliphatic rings. The second-order valence-corrected chi connectivity index (χ2v) is 5.29. The minimum absolute atomic E-state index is 0.0327. The van der Waals surface area contributed by atoms with E-state index >= 15 is 0 Å². The first kappa shape index (κ1) is 15.0. The number of rotatable bonds is 5. The van der Waals surface area contributed by atoms with E-state index in [1.807, 2.05) is 48.5 Å². The summed E-state index contributed by atoms with van der Waals surface area (Å²) in [6, 6.07) is 17.6. The topological polar surface area (TPSA) is 17.1 Å². The standard InChI is InChI=1S/C20H20O/c1-16(2)11-12-17-7-6-8-18(15-17)13-14-20(21)19-9-4-3-5-10-19/h3-11,13-15H,12H2,1-2H3/b14-13+. The van der Waals surface area contributed by atoms with Crippen molar-refractivity contribution < 1.29 is 4.79 Å². The summed E-state index contributed by atoms with van der Waals surface area (Å²) >= 11 is 0. The first-order valence-electron chi connectivity index (χ1n) is 7.15. The third kappa shape index (κ3) is 4.88. The van der Waals surface area contributed by atoms with Crippen molar-refractivity contribution >= 4 is 11.9 Å². The average Bonchev–Trinajstić information content (AvgIpc) is 2.52. The number of hydrogen-bond acceptors (Lipinski definition) is 1. The van der Waals surface area contributed by atoms with Crippen LogP contribution in [0.4, 0.5) is 0 Å². The highest BCUT2D eigenvalue weighted by Crippen LogP contribution is 2.10. The predicted octanol–water partition coefficient (Wildman–Crippen LogP) is 5.09. The van der Waals surface area contributed by atoms with Crippen molar-refractivity contribution in [3.8, 4) is 0 Å². The Hall–Kier alpha value is -2.41. The third-order valence-electron chi connectivity index (χ3n) is 3.18. The van der Waals surface area contributed by atoms with Crippen LogP contribution in [-0.4, -0.2) is 5.78 Å². The van der Waals surface area contributed by atoms with E-state index in [2.05, 4.69) is 32.1 Å². The van der Waals surface area contributed by atoms with E-state index < -0.39 is 0 Å². The molecule has 2 rings (SSSR count). The number of carbonyl (C=O) groups excluding carboxylic acids is 1. The van der Waals surface area contributed by atoms with Crippen molar-refractivity contribution in [3.63, 3.8) is 0 Å². The summed E-state index contributed by atoms with van der Waals surface area (Å²) in [6.07, 6.45) is 6.64. The molecule has 0 spiro atoms. The molecule has 0 saturated heterocycles. The van der Waals surface area contributed by atoms with Crippen molar-refractivity contribution in [2.24, 2.45) is 0 Å². The maximum Gasteiger partial charge on any atom is 0.185 e. The van der Waals surface area contributed by atoms with Crippen molar-refractivity contribution in [3.05, 3.63) is 89.0 Å². The molecule has 0 aliphatic heterocycles. The van der Waals surface area contributed by atoms with Crippen LogP contribution in [-0.2, 0) is 6.42 Å². The SMILES string of the molecule is CC(C)=CCc1cccc(/C=C/C(=O)c2ccccc2)c1. The molecule has 1 nitrogen and oxygen atoms in total. The number of ketones is 1. The molecular formula is C20H20O. The van der Waals surface area contributed by atoms with Crippen molar-refractivity contribution in [1.82, 2.24) is 0 Å². The first-order chi connectivity index (χ1) is 10.1. The molecular weight excluding hydrogens is 256 g/mol. The smallest absolute Gasteiger partial charge is 0.185 e. The molecule has 0 bridgehead atoms. The van der Waals surface area contributed by atoms with Crippen LogP contribution in [0.25, 0.3) is 6.08 Å². The zero-order valence-electron chi connectivity index (χ0n) is 12.5. The predicted molar refractivity (Wildman–Crippen MR) is 89.4 cm³/mol. The second-order valence-electron chi connectivity index (χ2n) is 5.29. The quantitative estimate of drug-likeness (QED) is 0.422. The normalized spacial score (nSPS) is 10.6. The maximum atomic E-state index is 12.0. The molecule has 2 aromatic carbocycles. The summed E-state index contributed by atoms with van der Waals surface area (Å²) in [6.45, 7) is 4.20. The Bertz CT molecular complexity index is 659. The summed E-state index contributed by atoms with van der Waals surface area (Å²) in [5.74, 6) is 0.0327. The van der Waals surface area contributed by atoms with Gasteiger partial charge in [0.1, 0.15) is 0 Å². The van der Waals surface area contributed by atoms with E-state index in [9.17, 15) is 4.79 Å². The van der Waals surface area contributed by atoms with E-state index in [0.29, 0.717) is 0 Å². The molecule has 0 amide bonds. The molecule has 106 valence electrons. The molecule has 1 heteroatoms. The van der Waals surface area contributed by atoms with Gasteiger partial charge in [-0.3, -0.25) is 4.79 Å². The Labute approximate surface area is 126 Å². The van der Waals surface area contributed by atoms with Gasteiger partial charge in [0.25, 0.3) is 0 Å².